The SMILES string of the molecule is CCCO[P+](=O)Cc1ccccc1. The van der Waals surface area contributed by atoms with Gasteiger partial charge in [-0.15, -0.1) is 4.52 Å². The molecule has 0 saturated heterocycles. The minimum atomic E-state index is -1.51. The second-order valence-corrected chi connectivity index (χ2v) is 4.05. The summed E-state index contributed by atoms with van der Waals surface area (Å²) in [5, 5.41) is 0. The van der Waals surface area contributed by atoms with Gasteiger partial charge >= 0.3 is 8.03 Å². The Kier molecular flexibility index (Phi) is 4.66. The van der Waals surface area contributed by atoms with E-state index in [1.807, 2.05) is 37.3 Å². The summed E-state index contributed by atoms with van der Waals surface area (Å²) in [4.78, 5) is 0. The Morgan fingerprint density at radius 2 is 2.00 bits per heavy atom. The molecule has 13 heavy (non-hydrogen) atoms. The Bertz CT molecular complexity index is 259. The van der Waals surface area contributed by atoms with Gasteiger partial charge in [0.2, 0.25) is 6.16 Å². The predicted molar refractivity (Wildman–Crippen MR) is 54.0 cm³/mol. The summed E-state index contributed by atoms with van der Waals surface area (Å²) < 4.78 is 16.4. The van der Waals surface area contributed by atoms with E-state index in [0.717, 1.165) is 12.0 Å². The Labute approximate surface area is 79.8 Å². The zero-order chi connectivity index (χ0) is 9.52. The van der Waals surface area contributed by atoms with Gasteiger partial charge < -0.3 is 0 Å². The van der Waals surface area contributed by atoms with Gasteiger partial charge in [0.15, 0.2) is 0 Å². The number of hydrogen-bond donors (Lipinski definition) is 0. The lowest BCUT2D eigenvalue weighted by Crippen LogP contribution is -1.85. The van der Waals surface area contributed by atoms with Crippen LogP contribution in [0.1, 0.15) is 18.9 Å². The summed E-state index contributed by atoms with van der Waals surface area (Å²) in [6, 6.07) is 9.76. The van der Waals surface area contributed by atoms with Crippen LogP contribution in [0.5, 0.6) is 0 Å². The van der Waals surface area contributed by atoms with Crippen LogP contribution in [0.2, 0.25) is 0 Å². The van der Waals surface area contributed by atoms with E-state index in [2.05, 4.69) is 0 Å². The minimum Gasteiger partial charge on any atom is -0.146 e. The van der Waals surface area contributed by atoms with E-state index < -0.39 is 8.03 Å². The zero-order valence-corrected chi connectivity index (χ0v) is 8.67. The largest absolute Gasteiger partial charge is 0.512 e. The summed E-state index contributed by atoms with van der Waals surface area (Å²) in [5.74, 6) is 0. The van der Waals surface area contributed by atoms with Gasteiger partial charge in [-0.3, -0.25) is 0 Å². The fraction of sp³-hybridized carbons (Fsp3) is 0.400. The molecule has 0 amide bonds. The van der Waals surface area contributed by atoms with Gasteiger partial charge in [0.25, 0.3) is 0 Å². The molecule has 0 saturated carbocycles. The highest BCUT2D eigenvalue weighted by atomic mass is 31.1. The molecular weight excluding hydrogens is 183 g/mol. The van der Waals surface area contributed by atoms with Crippen LogP contribution in [0.3, 0.4) is 0 Å². The zero-order valence-electron chi connectivity index (χ0n) is 7.77. The molecule has 1 aromatic carbocycles. The highest BCUT2D eigenvalue weighted by Crippen LogP contribution is 2.27. The molecule has 0 fully saturated rings. The average molecular weight is 197 g/mol. The van der Waals surface area contributed by atoms with Crippen molar-refractivity contribution in [2.45, 2.75) is 19.5 Å². The third-order valence-corrected chi connectivity index (χ3v) is 2.69. The smallest absolute Gasteiger partial charge is 0.146 e. The van der Waals surface area contributed by atoms with E-state index in [0.29, 0.717) is 12.8 Å². The molecule has 1 atom stereocenters. The third kappa shape index (κ3) is 4.16. The maximum Gasteiger partial charge on any atom is 0.512 e. The van der Waals surface area contributed by atoms with Crippen LogP contribution in [0.15, 0.2) is 30.3 Å². The second-order valence-electron chi connectivity index (χ2n) is 2.81. The molecule has 0 aromatic heterocycles. The molecule has 1 aromatic rings. The van der Waals surface area contributed by atoms with Crippen LogP contribution in [0.25, 0.3) is 0 Å². The highest BCUT2D eigenvalue weighted by Gasteiger charge is 2.16. The first-order valence-electron chi connectivity index (χ1n) is 4.44. The normalized spacial score (nSPS) is 11.3. The van der Waals surface area contributed by atoms with Gasteiger partial charge in [-0.05, 0) is 11.0 Å². The van der Waals surface area contributed by atoms with Gasteiger partial charge in [-0.25, -0.2) is 0 Å². The van der Waals surface area contributed by atoms with Crippen molar-refractivity contribution in [1.29, 1.82) is 0 Å². The Hall–Kier alpha value is -0.720. The van der Waals surface area contributed by atoms with Crippen LogP contribution in [0, 0.1) is 0 Å². The average Bonchev–Trinajstić information content (AvgIpc) is 2.16. The van der Waals surface area contributed by atoms with Crippen molar-refractivity contribution in [2.24, 2.45) is 0 Å². The number of benzene rings is 1. The molecule has 0 aliphatic rings. The second kappa shape index (κ2) is 5.85. The molecule has 0 radical (unpaired) electrons. The van der Waals surface area contributed by atoms with Crippen molar-refractivity contribution in [3.63, 3.8) is 0 Å². The molecule has 1 rings (SSSR count). The standard InChI is InChI=1S/C10H14O2P/c1-2-8-12-13(11)9-10-6-4-3-5-7-10/h3-7H,2,8-9H2,1H3/q+1. The van der Waals surface area contributed by atoms with Crippen LogP contribution in [-0.4, -0.2) is 6.61 Å². The van der Waals surface area contributed by atoms with Crippen molar-refractivity contribution in [1.82, 2.24) is 0 Å². The van der Waals surface area contributed by atoms with Crippen molar-refractivity contribution < 1.29 is 9.09 Å². The van der Waals surface area contributed by atoms with Gasteiger partial charge in [0.1, 0.15) is 6.61 Å². The lowest BCUT2D eigenvalue weighted by atomic mass is 10.2. The van der Waals surface area contributed by atoms with Crippen molar-refractivity contribution in [3.05, 3.63) is 35.9 Å². The summed E-state index contributed by atoms with van der Waals surface area (Å²) in [6.45, 7) is 2.59. The van der Waals surface area contributed by atoms with Crippen molar-refractivity contribution in [3.8, 4) is 0 Å². The van der Waals surface area contributed by atoms with Crippen molar-refractivity contribution in [2.75, 3.05) is 6.61 Å². The topological polar surface area (TPSA) is 26.3 Å². The molecule has 3 heteroatoms. The van der Waals surface area contributed by atoms with Crippen LogP contribution in [0.4, 0.5) is 0 Å². The maximum absolute atomic E-state index is 11.3. The van der Waals surface area contributed by atoms with Gasteiger partial charge in [0.05, 0.1) is 0 Å². The number of hydrogen-bond acceptors (Lipinski definition) is 2. The lowest BCUT2D eigenvalue weighted by Gasteiger charge is -1.90. The lowest BCUT2D eigenvalue weighted by molar-refractivity contribution is 0.328. The molecule has 0 heterocycles. The maximum atomic E-state index is 11.3. The summed E-state index contributed by atoms with van der Waals surface area (Å²) in [7, 11) is -1.51. The molecule has 2 nitrogen and oxygen atoms in total. The molecule has 70 valence electrons. The Morgan fingerprint density at radius 1 is 1.31 bits per heavy atom. The van der Waals surface area contributed by atoms with Gasteiger partial charge in [-0.2, -0.15) is 0 Å². The molecule has 0 spiro atoms. The monoisotopic (exact) mass is 197 g/mol. The third-order valence-electron chi connectivity index (χ3n) is 1.59. The summed E-state index contributed by atoms with van der Waals surface area (Å²) in [6.07, 6.45) is 1.44. The Morgan fingerprint density at radius 3 is 2.62 bits per heavy atom. The first-order valence-corrected chi connectivity index (χ1v) is 5.80. The summed E-state index contributed by atoms with van der Waals surface area (Å²) in [5.41, 5.74) is 1.07. The molecule has 0 bridgehead atoms. The van der Waals surface area contributed by atoms with Crippen LogP contribution < -0.4 is 0 Å². The molecular formula is C10H14O2P+. The van der Waals surface area contributed by atoms with Crippen LogP contribution >= 0.6 is 8.03 Å². The van der Waals surface area contributed by atoms with E-state index >= 15 is 0 Å². The first kappa shape index (κ1) is 10.4. The van der Waals surface area contributed by atoms with E-state index in [1.54, 1.807) is 0 Å². The summed E-state index contributed by atoms with van der Waals surface area (Å²) >= 11 is 0. The van der Waals surface area contributed by atoms with E-state index in [4.69, 9.17) is 4.52 Å². The molecule has 1 unspecified atom stereocenters. The van der Waals surface area contributed by atoms with Crippen molar-refractivity contribution >= 4 is 8.03 Å². The van der Waals surface area contributed by atoms with E-state index in [1.165, 1.54) is 0 Å². The Balaban J connectivity index is 2.37. The van der Waals surface area contributed by atoms with E-state index in [9.17, 15) is 4.57 Å². The molecule has 0 N–H and O–H groups in total. The fourth-order valence-corrected chi connectivity index (χ4v) is 1.96. The first-order chi connectivity index (χ1) is 6.33. The molecule has 0 aliphatic carbocycles. The van der Waals surface area contributed by atoms with Gasteiger partial charge in [0, 0.05) is 5.56 Å². The minimum absolute atomic E-state index is 0.524. The van der Waals surface area contributed by atoms with E-state index in [-0.39, 0.29) is 0 Å². The molecule has 0 aliphatic heterocycles. The fourth-order valence-electron chi connectivity index (χ4n) is 0.971. The quantitative estimate of drug-likeness (QED) is 0.676. The van der Waals surface area contributed by atoms with Crippen LogP contribution in [-0.2, 0) is 15.3 Å². The number of rotatable bonds is 5. The highest BCUT2D eigenvalue weighted by molar-refractivity contribution is 7.38. The predicted octanol–water partition coefficient (Wildman–Crippen LogP) is 3.36. The van der Waals surface area contributed by atoms with Gasteiger partial charge in [-0.1, -0.05) is 37.3 Å².